The molecule has 4 rings (SSSR count). The molecule has 3 heterocycles. The molecule has 2 N–H and O–H groups in total. The first kappa shape index (κ1) is 20.4. The monoisotopic (exact) mass is 452 g/mol. The maximum Gasteiger partial charge on any atom is 0.416 e. The summed E-state index contributed by atoms with van der Waals surface area (Å²) in [5.41, 5.74) is 0.904. The van der Waals surface area contributed by atoms with Gasteiger partial charge < -0.3 is 10.2 Å². The van der Waals surface area contributed by atoms with Crippen LogP contribution in [0.3, 0.4) is 0 Å². The summed E-state index contributed by atoms with van der Waals surface area (Å²) in [4.78, 5) is 31.5. The maximum absolute atomic E-state index is 12.6. The number of urea groups is 1. The third-order valence-corrected chi connectivity index (χ3v) is 6.17. The van der Waals surface area contributed by atoms with E-state index in [0.717, 1.165) is 22.7 Å². The number of nitrogens with zero attached hydrogens (tertiary/aromatic N) is 2. The van der Waals surface area contributed by atoms with E-state index in [1.165, 1.54) is 34.8 Å². The Morgan fingerprint density at radius 1 is 1.10 bits per heavy atom. The molecule has 0 saturated heterocycles. The topological polar surface area (TPSA) is 74.3 Å². The molecule has 3 amide bonds. The van der Waals surface area contributed by atoms with Crippen molar-refractivity contribution in [3.8, 4) is 0 Å². The first-order chi connectivity index (χ1) is 14.3. The summed E-state index contributed by atoms with van der Waals surface area (Å²) in [6.45, 7) is 0.731. The van der Waals surface area contributed by atoms with Crippen molar-refractivity contribution in [1.29, 1.82) is 0 Å². The summed E-state index contributed by atoms with van der Waals surface area (Å²) in [5, 5.41) is 9.41. The predicted octanol–water partition coefficient (Wildman–Crippen LogP) is 5.07. The number of aromatic nitrogens is 1. The van der Waals surface area contributed by atoms with Crippen molar-refractivity contribution in [1.82, 2.24) is 9.88 Å². The van der Waals surface area contributed by atoms with E-state index in [-0.39, 0.29) is 11.6 Å². The fraction of sp³-hybridized carbons (Fsp3) is 0.211. The number of thiophene rings is 1. The first-order valence-electron chi connectivity index (χ1n) is 8.85. The highest BCUT2D eigenvalue weighted by Crippen LogP contribution is 2.31. The SMILES string of the molecule is O=C(Nc1nc2c(s1)CN(C(=O)Nc1ccc(C(F)(F)F)cc1)CC2)c1ccsc1. The van der Waals surface area contributed by atoms with Crippen molar-refractivity contribution in [3.63, 3.8) is 0 Å². The van der Waals surface area contributed by atoms with E-state index in [4.69, 9.17) is 0 Å². The number of carbonyl (C=O) groups is 2. The Hall–Kier alpha value is -2.92. The number of fused-ring (bicyclic) bond motifs is 1. The van der Waals surface area contributed by atoms with Crippen LogP contribution in [0.2, 0.25) is 0 Å². The van der Waals surface area contributed by atoms with Crippen molar-refractivity contribution in [2.24, 2.45) is 0 Å². The highest BCUT2D eigenvalue weighted by molar-refractivity contribution is 7.16. The van der Waals surface area contributed by atoms with Crippen LogP contribution in [0.1, 0.15) is 26.5 Å². The standard InChI is InChI=1S/C19H15F3N4O2S2/c20-19(21,22)12-1-3-13(4-2-12)23-18(28)26-7-5-14-15(9-26)30-17(24-14)25-16(27)11-6-8-29-10-11/h1-4,6,8,10H,5,7,9H2,(H,23,28)(H,24,25,27). The Balaban J connectivity index is 1.38. The van der Waals surface area contributed by atoms with E-state index in [1.807, 2.05) is 5.38 Å². The number of rotatable bonds is 3. The van der Waals surface area contributed by atoms with Crippen LogP contribution in [0, 0.1) is 0 Å². The van der Waals surface area contributed by atoms with Crippen molar-refractivity contribution in [3.05, 3.63) is 62.8 Å². The number of benzene rings is 1. The van der Waals surface area contributed by atoms with E-state index < -0.39 is 17.8 Å². The Kier molecular flexibility index (Phi) is 5.48. The number of anilines is 2. The number of hydrogen-bond donors (Lipinski definition) is 2. The second-order valence-corrected chi connectivity index (χ2v) is 8.40. The van der Waals surface area contributed by atoms with E-state index in [2.05, 4.69) is 15.6 Å². The molecule has 3 aromatic rings. The van der Waals surface area contributed by atoms with Gasteiger partial charge >= 0.3 is 12.2 Å². The van der Waals surface area contributed by atoms with Gasteiger partial charge in [0.2, 0.25) is 0 Å². The van der Waals surface area contributed by atoms with Crippen molar-refractivity contribution in [2.45, 2.75) is 19.1 Å². The second kappa shape index (κ2) is 8.07. The average Bonchev–Trinajstić information content (AvgIpc) is 3.36. The lowest BCUT2D eigenvalue weighted by Gasteiger charge is -2.26. The fourth-order valence-electron chi connectivity index (χ4n) is 2.93. The molecule has 11 heteroatoms. The summed E-state index contributed by atoms with van der Waals surface area (Å²) >= 11 is 2.73. The van der Waals surface area contributed by atoms with Gasteiger partial charge in [0.15, 0.2) is 5.13 Å². The number of amides is 3. The Bertz CT molecular complexity index is 1060. The Labute approximate surface area is 177 Å². The molecule has 0 radical (unpaired) electrons. The molecule has 0 unspecified atom stereocenters. The van der Waals surface area contributed by atoms with Crippen LogP contribution in [-0.4, -0.2) is 28.4 Å². The highest BCUT2D eigenvalue weighted by atomic mass is 32.1. The Morgan fingerprint density at radius 2 is 1.87 bits per heavy atom. The number of hydrogen-bond acceptors (Lipinski definition) is 5. The van der Waals surface area contributed by atoms with Crippen molar-refractivity contribution < 1.29 is 22.8 Å². The molecule has 0 saturated carbocycles. The lowest BCUT2D eigenvalue weighted by Crippen LogP contribution is -2.38. The first-order valence-corrected chi connectivity index (χ1v) is 10.6. The summed E-state index contributed by atoms with van der Waals surface area (Å²) in [5.74, 6) is -0.237. The van der Waals surface area contributed by atoms with Gasteiger partial charge in [-0.2, -0.15) is 24.5 Å². The summed E-state index contributed by atoms with van der Waals surface area (Å²) in [6.07, 6.45) is -3.89. The molecule has 30 heavy (non-hydrogen) atoms. The third kappa shape index (κ3) is 4.46. The number of nitrogens with one attached hydrogen (secondary N) is 2. The molecule has 1 aliphatic heterocycles. The van der Waals surface area contributed by atoms with Crippen LogP contribution < -0.4 is 10.6 Å². The van der Waals surface area contributed by atoms with Crippen LogP contribution in [0.4, 0.5) is 28.8 Å². The summed E-state index contributed by atoms with van der Waals surface area (Å²) in [6, 6.07) is 5.62. The average molecular weight is 452 g/mol. The van der Waals surface area contributed by atoms with Gasteiger partial charge in [0.1, 0.15) is 0 Å². The van der Waals surface area contributed by atoms with Crippen LogP contribution in [0.5, 0.6) is 0 Å². The maximum atomic E-state index is 12.6. The van der Waals surface area contributed by atoms with Gasteiger partial charge in [-0.25, -0.2) is 9.78 Å². The lowest BCUT2D eigenvalue weighted by atomic mass is 10.2. The minimum Gasteiger partial charge on any atom is -0.319 e. The second-order valence-electron chi connectivity index (χ2n) is 6.53. The van der Waals surface area contributed by atoms with Gasteiger partial charge in [-0.05, 0) is 35.7 Å². The van der Waals surface area contributed by atoms with Gasteiger partial charge in [-0.3, -0.25) is 10.1 Å². The largest absolute Gasteiger partial charge is 0.416 e. The molecule has 2 aromatic heterocycles. The van der Waals surface area contributed by atoms with Crippen LogP contribution in [-0.2, 0) is 19.1 Å². The van der Waals surface area contributed by atoms with Crippen LogP contribution >= 0.6 is 22.7 Å². The Morgan fingerprint density at radius 3 is 2.53 bits per heavy atom. The lowest BCUT2D eigenvalue weighted by molar-refractivity contribution is -0.137. The van der Waals surface area contributed by atoms with E-state index in [0.29, 0.717) is 30.2 Å². The van der Waals surface area contributed by atoms with E-state index in [9.17, 15) is 22.8 Å². The smallest absolute Gasteiger partial charge is 0.319 e. The number of alkyl halides is 3. The molecule has 156 valence electrons. The minimum atomic E-state index is -4.42. The van der Waals surface area contributed by atoms with Crippen LogP contribution in [0.15, 0.2) is 41.1 Å². The molecule has 0 atom stereocenters. The van der Waals surface area contributed by atoms with Crippen LogP contribution in [0.25, 0.3) is 0 Å². The third-order valence-electron chi connectivity index (χ3n) is 4.49. The molecular weight excluding hydrogens is 437 g/mol. The van der Waals surface area contributed by atoms with Gasteiger partial charge in [0.25, 0.3) is 5.91 Å². The number of thiazole rings is 1. The molecular formula is C19H15F3N4O2S2. The molecule has 1 aliphatic rings. The molecule has 0 aliphatic carbocycles. The zero-order chi connectivity index (χ0) is 21.3. The van der Waals surface area contributed by atoms with E-state index >= 15 is 0 Å². The zero-order valence-electron chi connectivity index (χ0n) is 15.3. The highest BCUT2D eigenvalue weighted by Gasteiger charge is 2.30. The molecule has 6 nitrogen and oxygen atoms in total. The summed E-state index contributed by atoms with van der Waals surface area (Å²) in [7, 11) is 0. The normalized spacial score (nSPS) is 13.6. The molecule has 0 bridgehead atoms. The van der Waals surface area contributed by atoms with Gasteiger partial charge in [0, 0.05) is 28.9 Å². The van der Waals surface area contributed by atoms with Gasteiger partial charge in [-0.1, -0.05) is 11.3 Å². The fourth-order valence-corrected chi connectivity index (χ4v) is 4.59. The number of halogens is 3. The number of carbonyl (C=O) groups excluding carboxylic acids is 2. The summed E-state index contributed by atoms with van der Waals surface area (Å²) < 4.78 is 37.9. The quantitative estimate of drug-likeness (QED) is 0.583. The molecule has 1 aromatic carbocycles. The van der Waals surface area contributed by atoms with Gasteiger partial charge in [-0.15, -0.1) is 0 Å². The molecule has 0 spiro atoms. The van der Waals surface area contributed by atoms with Gasteiger partial charge in [0.05, 0.1) is 23.4 Å². The minimum absolute atomic E-state index is 0.237. The predicted molar refractivity (Wildman–Crippen MR) is 109 cm³/mol. The molecule has 0 fully saturated rings. The zero-order valence-corrected chi connectivity index (χ0v) is 17.0. The van der Waals surface area contributed by atoms with Crippen molar-refractivity contribution >= 4 is 45.4 Å². The van der Waals surface area contributed by atoms with Crippen molar-refractivity contribution in [2.75, 3.05) is 17.2 Å². The van der Waals surface area contributed by atoms with E-state index in [1.54, 1.807) is 16.3 Å².